The Labute approximate surface area is 119 Å². The molecule has 1 nitrogen and oxygen atoms in total. The van der Waals surface area contributed by atoms with E-state index < -0.39 is 0 Å². The Hall–Kier alpha value is -0.980. The zero-order valence-electron chi connectivity index (χ0n) is 13.3. The first-order chi connectivity index (χ1) is 8.43. The molecule has 0 spiro atoms. The third-order valence-electron chi connectivity index (χ3n) is 3.31. The Morgan fingerprint density at radius 1 is 0.947 bits per heavy atom. The molecule has 0 fully saturated rings. The maximum Gasteiger partial charge on any atom is 0.123 e. The van der Waals surface area contributed by atoms with E-state index >= 15 is 0 Å². The molecule has 0 aliphatic heterocycles. The van der Waals surface area contributed by atoms with Gasteiger partial charge in [-0.15, -0.1) is 0 Å². The number of rotatable bonds is 2. The topological polar surface area (TPSA) is 20.2 Å². The van der Waals surface area contributed by atoms with Gasteiger partial charge in [0.2, 0.25) is 0 Å². The molecule has 0 aliphatic carbocycles. The largest absolute Gasteiger partial charge is 0.507 e. The number of phenols is 1. The summed E-state index contributed by atoms with van der Waals surface area (Å²) in [5.41, 5.74) is 3.09. The summed E-state index contributed by atoms with van der Waals surface area (Å²) in [6.07, 6.45) is 0.840. The smallest absolute Gasteiger partial charge is 0.123 e. The molecule has 1 aromatic rings. The lowest BCUT2D eigenvalue weighted by Crippen LogP contribution is -2.18. The number of aromatic hydroxyl groups is 1. The number of phenolic OH excluding ortho intramolecular Hbond substituents is 1. The molecule has 1 rings (SSSR count). The lowest BCUT2D eigenvalue weighted by molar-refractivity contribution is 0.422. The van der Waals surface area contributed by atoms with Crippen molar-refractivity contribution in [1.29, 1.82) is 0 Å². The quantitative estimate of drug-likeness (QED) is 0.808. The summed E-state index contributed by atoms with van der Waals surface area (Å²) >= 11 is 0. The van der Waals surface area contributed by atoms with E-state index in [0.717, 1.165) is 17.5 Å². The molecule has 0 saturated carbocycles. The van der Waals surface area contributed by atoms with E-state index in [1.54, 1.807) is 0 Å². The predicted molar refractivity (Wildman–Crippen MR) is 83.4 cm³/mol. The molecule has 0 saturated heterocycles. The molecule has 0 amide bonds. The standard InChI is InChI=1S/C18H28O/c1-12(2)9-13-10-14(17(3,4)5)16(19)15(11-13)18(6,7)8/h10-12,19H,1-2,9H2,3-8H3. The van der Waals surface area contributed by atoms with Crippen molar-refractivity contribution < 1.29 is 5.11 Å². The zero-order chi connectivity index (χ0) is 15.0. The van der Waals surface area contributed by atoms with Crippen molar-refractivity contribution in [1.82, 2.24) is 0 Å². The monoisotopic (exact) mass is 260 g/mol. The minimum absolute atomic E-state index is 0.0715. The van der Waals surface area contributed by atoms with Crippen LogP contribution in [0.4, 0.5) is 0 Å². The molecular weight excluding hydrogens is 232 g/mol. The molecule has 1 aromatic carbocycles. The molecule has 2 radical (unpaired) electrons. The van der Waals surface area contributed by atoms with Crippen LogP contribution in [0.2, 0.25) is 0 Å². The molecule has 19 heavy (non-hydrogen) atoms. The second kappa shape index (κ2) is 5.19. The van der Waals surface area contributed by atoms with E-state index in [-0.39, 0.29) is 16.7 Å². The van der Waals surface area contributed by atoms with E-state index in [2.05, 4.69) is 67.5 Å². The highest BCUT2D eigenvalue weighted by Gasteiger charge is 2.26. The van der Waals surface area contributed by atoms with E-state index in [0.29, 0.717) is 5.75 Å². The third-order valence-corrected chi connectivity index (χ3v) is 3.31. The normalized spacial score (nSPS) is 13.1. The van der Waals surface area contributed by atoms with Gasteiger partial charge in [-0.1, -0.05) is 53.7 Å². The maximum absolute atomic E-state index is 10.6. The van der Waals surface area contributed by atoms with Gasteiger partial charge in [-0.2, -0.15) is 0 Å². The molecule has 106 valence electrons. The predicted octanol–water partition coefficient (Wildman–Crippen LogP) is 4.81. The highest BCUT2D eigenvalue weighted by Crippen LogP contribution is 2.40. The van der Waals surface area contributed by atoms with Gasteiger partial charge >= 0.3 is 0 Å². The Balaban J connectivity index is 3.48. The van der Waals surface area contributed by atoms with E-state index in [4.69, 9.17) is 0 Å². The van der Waals surface area contributed by atoms with Crippen LogP contribution < -0.4 is 0 Å². The minimum atomic E-state index is -0.0715. The third kappa shape index (κ3) is 3.99. The van der Waals surface area contributed by atoms with Gasteiger partial charge in [-0.25, -0.2) is 0 Å². The maximum atomic E-state index is 10.6. The van der Waals surface area contributed by atoms with Crippen LogP contribution in [0.1, 0.15) is 58.2 Å². The first kappa shape index (κ1) is 16.1. The highest BCUT2D eigenvalue weighted by atomic mass is 16.3. The van der Waals surface area contributed by atoms with Crippen LogP contribution in [0.15, 0.2) is 12.1 Å². The number of benzene rings is 1. The molecule has 0 heterocycles. The van der Waals surface area contributed by atoms with Crippen LogP contribution in [-0.2, 0) is 17.3 Å². The van der Waals surface area contributed by atoms with Crippen molar-refractivity contribution in [2.24, 2.45) is 5.92 Å². The fourth-order valence-electron chi connectivity index (χ4n) is 2.29. The van der Waals surface area contributed by atoms with Gasteiger partial charge in [0.1, 0.15) is 5.75 Å². The first-order valence-corrected chi connectivity index (χ1v) is 6.96. The lowest BCUT2D eigenvalue weighted by atomic mass is 9.77. The molecule has 1 N–H and O–H groups in total. The zero-order valence-corrected chi connectivity index (χ0v) is 13.3. The highest BCUT2D eigenvalue weighted by molar-refractivity contribution is 5.50. The van der Waals surface area contributed by atoms with Crippen LogP contribution in [0.5, 0.6) is 5.75 Å². The van der Waals surface area contributed by atoms with E-state index in [1.165, 1.54) is 5.56 Å². The number of hydrogen-bond donors (Lipinski definition) is 1. The summed E-state index contributed by atoms with van der Waals surface area (Å²) in [5, 5.41) is 10.6. The van der Waals surface area contributed by atoms with Gasteiger partial charge in [-0.3, -0.25) is 0 Å². The van der Waals surface area contributed by atoms with Gasteiger partial charge in [0.15, 0.2) is 0 Å². The fourth-order valence-corrected chi connectivity index (χ4v) is 2.29. The summed E-state index contributed by atoms with van der Waals surface area (Å²) in [4.78, 5) is 0. The van der Waals surface area contributed by atoms with Crippen molar-refractivity contribution in [2.75, 3.05) is 0 Å². The second-order valence-corrected chi connectivity index (χ2v) is 7.61. The van der Waals surface area contributed by atoms with Crippen LogP contribution in [-0.4, -0.2) is 5.11 Å². The van der Waals surface area contributed by atoms with Crippen molar-refractivity contribution >= 4 is 0 Å². The van der Waals surface area contributed by atoms with Crippen molar-refractivity contribution in [3.63, 3.8) is 0 Å². The van der Waals surface area contributed by atoms with Crippen molar-refractivity contribution in [2.45, 2.75) is 58.8 Å². The Kier molecular flexibility index (Phi) is 4.39. The molecule has 0 atom stereocenters. The SMILES string of the molecule is [CH2]C([CH2])Cc1cc(C(C)(C)C)c(O)c(C(C)(C)C)c1. The summed E-state index contributed by atoms with van der Waals surface area (Å²) < 4.78 is 0. The Morgan fingerprint density at radius 3 is 1.58 bits per heavy atom. The summed E-state index contributed by atoms with van der Waals surface area (Å²) in [6, 6.07) is 4.21. The van der Waals surface area contributed by atoms with Crippen LogP contribution in [0, 0.1) is 19.8 Å². The lowest BCUT2D eigenvalue weighted by Gasteiger charge is -2.28. The van der Waals surface area contributed by atoms with Crippen LogP contribution >= 0.6 is 0 Å². The molecule has 0 bridgehead atoms. The van der Waals surface area contributed by atoms with Gasteiger partial charge in [0.05, 0.1) is 0 Å². The van der Waals surface area contributed by atoms with Crippen LogP contribution in [0.25, 0.3) is 0 Å². The molecular formula is C18H28O. The Bertz CT molecular complexity index is 407. The van der Waals surface area contributed by atoms with Gasteiger partial charge < -0.3 is 5.11 Å². The molecule has 1 heteroatoms. The first-order valence-electron chi connectivity index (χ1n) is 6.96. The fraction of sp³-hybridized carbons (Fsp3) is 0.556. The summed E-state index contributed by atoms with van der Waals surface area (Å²) in [6.45, 7) is 20.7. The average molecular weight is 260 g/mol. The summed E-state index contributed by atoms with van der Waals surface area (Å²) in [5.74, 6) is 0.568. The Morgan fingerprint density at radius 2 is 1.32 bits per heavy atom. The van der Waals surface area contributed by atoms with Gasteiger partial charge in [0, 0.05) is 0 Å². The molecule has 0 aliphatic rings. The van der Waals surface area contributed by atoms with E-state index in [1.807, 2.05) is 0 Å². The van der Waals surface area contributed by atoms with Crippen LogP contribution in [0.3, 0.4) is 0 Å². The van der Waals surface area contributed by atoms with Gasteiger partial charge in [-0.05, 0) is 53.7 Å². The van der Waals surface area contributed by atoms with Crippen molar-refractivity contribution in [3.05, 3.63) is 42.7 Å². The molecule has 0 unspecified atom stereocenters. The average Bonchev–Trinajstić information content (AvgIpc) is 2.16. The second-order valence-electron chi connectivity index (χ2n) is 7.61. The van der Waals surface area contributed by atoms with E-state index in [9.17, 15) is 5.11 Å². The van der Waals surface area contributed by atoms with Crippen molar-refractivity contribution in [3.8, 4) is 5.75 Å². The molecule has 0 aromatic heterocycles. The summed E-state index contributed by atoms with van der Waals surface area (Å²) in [7, 11) is 0. The van der Waals surface area contributed by atoms with Gasteiger partial charge in [0.25, 0.3) is 0 Å². The minimum Gasteiger partial charge on any atom is -0.507 e. The number of hydrogen-bond acceptors (Lipinski definition) is 1.